The number of halogens is 1. The van der Waals surface area contributed by atoms with Crippen LogP contribution in [0.15, 0.2) is 34.7 Å². The van der Waals surface area contributed by atoms with Gasteiger partial charge >= 0.3 is 0 Å². The summed E-state index contributed by atoms with van der Waals surface area (Å²) in [6.07, 6.45) is 1.65. The van der Waals surface area contributed by atoms with E-state index in [2.05, 4.69) is 9.71 Å². The van der Waals surface area contributed by atoms with Gasteiger partial charge in [-0.3, -0.25) is 0 Å². The van der Waals surface area contributed by atoms with Crippen molar-refractivity contribution in [1.29, 1.82) is 0 Å². The molecule has 1 heterocycles. The molecule has 1 aromatic heterocycles. The second-order valence-corrected chi connectivity index (χ2v) is 7.21. The summed E-state index contributed by atoms with van der Waals surface area (Å²) >= 11 is 1.43. The Kier molecular flexibility index (Phi) is 5.04. The number of sulfonamides is 1. The van der Waals surface area contributed by atoms with E-state index in [9.17, 15) is 12.8 Å². The molecule has 5 nitrogen and oxygen atoms in total. The maximum absolute atomic E-state index is 13.7. The van der Waals surface area contributed by atoms with Gasteiger partial charge in [0.15, 0.2) is 0 Å². The van der Waals surface area contributed by atoms with Crippen LogP contribution in [0.3, 0.4) is 0 Å². The Morgan fingerprint density at radius 2 is 2.24 bits per heavy atom. The molecule has 21 heavy (non-hydrogen) atoms. The molecular weight excluding hydrogens is 315 g/mol. The number of benzene rings is 1. The van der Waals surface area contributed by atoms with Gasteiger partial charge in [-0.25, -0.2) is 22.5 Å². The fourth-order valence-corrected chi connectivity index (χ4v) is 3.68. The second kappa shape index (κ2) is 6.61. The summed E-state index contributed by atoms with van der Waals surface area (Å²) in [6.45, 7) is 1.61. The quantitative estimate of drug-likeness (QED) is 0.847. The molecule has 1 atom stereocenters. The van der Waals surface area contributed by atoms with Crippen molar-refractivity contribution in [3.63, 3.8) is 0 Å². The summed E-state index contributed by atoms with van der Waals surface area (Å²) in [5.74, 6) is -0.953. The van der Waals surface area contributed by atoms with Crippen LogP contribution in [0, 0.1) is 5.82 Å². The molecule has 0 amide bonds. The molecule has 0 fully saturated rings. The second-order valence-electron chi connectivity index (χ2n) is 4.55. The summed E-state index contributed by atoms with van der Waals surface area (Å²) in [5, 5.41) is 11.6. The number of hydrogen-bond donors (Lipinski definition) is 2. The van der Waals surface area contributed by atoms with Crippen LogP contribution in [0.2, 0.25) is 0 Å². The first kappa shape index (κ1) is 16.0. The molecule has 2 aromatic rings. The minimum Gasteiger partial charge on any atom is -0.392 e. The van der Waals surface area contributed by atoms with Gasteiger partial charge in [0.05, 0.1) is 11.6 Å². The van der Waals surface area contributed by atoms with Crippen LogP contribution in [-0.2, 0) is 16.6 Å². The van der Waals surface area contributed by atoms with Crippen LogP contribution in [-0.4, -0.2) is 25.1 Å². The number of aromatic nitrogens is 1. The van der Waals surface area contributed by atoms with Crippen LogP contribution in [0.4, 0.5) is 4.39 Å². The molecule has 0 bridgehead atoms. The number of nitrogens with one attached hydrogen (secondary N) is 1. The Bertz CT molecular complexity index is 702. The number of aliphatic hydroxyl groups is 1. The molecule has 0 saturated carbocycles. The summed E-state index contributed by atoms with van der Waals surface area (Å²) in [4.78, 5) is 3.65. The van der Waals surface area contributed by atoms with E-state index in [0.29, 0.717) is 5.56 Å². The molecule has 0 spiro atoms. The molecule has 114 valence electrons. The van der Waals surface area contributed by atoms with Gasteiger partial charge in [0.25, 0.3) is 0 Å². The fourth-order valence-electron chi connectivity index (χ4n) is 1.73. The zero-order valence-electron chi connectivity index (χ0n) is 11.3. The summed E-state index contributed by atoms with van der Waals surface area (Å²) < 4.78 is 40.4. The normalized spacial score (nSPS) is 13.3. The lowest BCUT2D eigenvalue weighted by Gasteiger charge is -2.12. The van der Waals surface area contributed by atoms with E-state index in [1.54, 1.807) is 6.20 Å². The first-order valence-electron chi connectivity index (χ1n) is 6.22. The lowest BCUT2D eigenvalue weighted by molar-refractivity contribution is 0.281. The number of thiazole rings is 1. The minimum absolute atomic E-state index is 0.108. The zero-order valence-corrected chi connectivity index (χ0v) is 12.9. The lowest BCUT2D eigenvalue weighted by Crippen LogP contribution is -2.28. The van der Waals surface area contributed by atoms with Gasteiger partial charge in [-0.2, -0.15) is 0 Å². The summed E-state index contributed by atoms with van der Waals surface area (Å²) in [6, 6.07) is 3.50. The Hall–Kier alpha value is -1.35. The number of aliphatic hydroxyl groups excluding tert-OH is 1. The average molecular weight is 330 g/mol. The summed E-state index contributed by atoms with van der Waals surface area (Å²) in [5.41, 5.74) is 0.338. The number of hydrogen-bond acceptors (Lipinski definition) is 5. The number of rotatable bonds is 6. The van der Waals surface area contributed by atoms with Crippen molar-refractivity contribution in [3.05, 3.63) is 46.2 Å². The van der Waals surface area contributed by atoms with Crippen molar-refractivity contribution in [2.45, 2.75) is 24.3 Å². The smallest absolute Gasteiger partial charge is 0.243 e. The molecule has 0 saturated heterocycles. The van der Waals surface area contributed by atoms with E-state index in [4.69, 9.17) is 5.11 Å². The van der Waals surface area contributed by atoms with Crippen LogP contribution < -0.4 is 4.72 Å². The summed E-state index contributed by atoms with van der Waals surface area (Å²) in [7, 11) is -3.97. The molecule has 2 N–H and O–H groups in total. The third-order valence-electron chi connectivity index (χ3n) is 2.92. The van der Waals surface area contributed by atoms with E-state index in [-0.39, 0.29) is 19.1 Å². The molecule has 8 heteroatoms. The van der Waals surface area contributed by atoms with Gasteiger partial charge in [-0.1, -0.05) is 13.0 Å². The predicted octanol–water partition coefficient (Wildman–Crippen LogP) is 1.86. The molecule has 0 aliphatic heterocycles. The highest BCUT2D eigenvalue weighted by Gasteiger charge is 2.21. The molecular formula is C13H15FN2O3S2. The molecule has 0 aliphatic carbocycles. The van der Waals surface area contributed by atoms with Crippen LogP contribution >= 0.6 is 11.3 Å². The van der Waals surface area contributed by atoms with E-state index < -0.39 is 20.7 Å². The molecule has 2 rings (SSSR count). The highest BCUT2D eigenvalue weighted by Crippen LogP contribution is 2.19. The maximum Gasteiger partial charge on any atom is 0.243 e. The minimum atomic E-state index is -3.97. The zero-order chi connectivity index (χ0) is 15.5. The van der Waals surface area contributed by atoms with Crippen molar-refractivity contribution in [3.8, 4) is 0 Å². The van der Waals surface area contributed by atoms with Gasteiger partial charge in [0.1, 0.15) is 10.7 Å². The van der Waals surface area contributed by atoms with Crippen LogP contribution in [0.1, 0.15) is 23.4 Å². The lowest BCUT2D eigenvalue weighted by atomic mass is 10.2. The Labute approximate surface area is 126 Å². The third kappa shape index (κ3) is 3.85. The molecule has 0 radical (unpaired) electrons. The van der Waals surface area contributed by atoms with E-state index in [1.165, 1.54) is 17.4 Å². The largest absolute Gasteiger partial charge is 0.392 e. The Morgan fingerprint density at radius 3 is 2.86 bits per heavy atom. The Balaban J connectivity index is 2.15. The van der Waals surface area contributed by atoms with Crippen molar-refractivity contribution < 1.29 is 17.9 Å². The monoisotopic (exact) mass is 330 g/mol. The van der Waals surface area contributed by atoms with Gasteiger partial charge in [0.2, 0.25) is 10.0 Å². The van der Waals surface area contributed by atoms with Crippen molar-refractivity contribution in [2.24, 2.45) is 0 Å². The first-order valence-corrected chi connectivity index (χ1v) is 8.58. The van der Waals surface area contributed by atoms with E-state index in [1.807, 2.05) is 12.3 Å². The average Bonchev–Trinajstić information content (AvgIpc) is 2.99. The van der Waals surface area contributed by atoms with Gasteiger partial charge in [-0.05, 0) is 17.7 Å². The van der Waals surface area contributed by atoms with Crippen LogP contribution in [0.25, 0.3) is 0 Å². The highest BCUT2D eigenvalue weighted by atomic mass is 32.2. The van der Waals surface area contributed by atoms with Gasteiger partial charge < -0.3 is 5.11 Å². The maximum atomic E-state index is 13.7. The fraction of sp³-hybridized carbons (Fsp3) is 0.308. The number of nitrogens with zero attached hydrogens (tertiary/aromatic N) is 1. The van der Waals surface area contributed by atoms with Crippen LogP contribution in [0.5, 0.6) is 0 Å². The van der Waals surface area contributed by atoms with Crippen molar-refractivity contribution >= 4 is 21.4 Å². The topological polar surface area (TPSA) is 79.3 Å². The van der Waals surface area contributed by atoms with Crippen molar-refractivity contribution in [2.75, 3.05) is 6.54 Å². The standard InChI is InChI=1S/C13H15FN2O3S2/c1-9(13-15-4-5-20-13)7-16-21(18,19)12-6-10(8-17)2-3-11(12)14/h2-6,9,16-17H,7-8H2,1H3. The first-order chi connectivity index (χ1) is 9.94. The van der Waals surface area contributed by atoms with Gasteiger partial charge in [-0.15, -0.1) is 11.3 Å². The molecule has 1 unspecified atom stereocenters. The molecule has 1 aromatic carbocycles. The van der Waals surface area contributed by atoms with E-state index in [0.717, 1.165) is 17.1 Å². The molecule has 0 aliphatic rings. The van der Waals surface area contributed by atoms with Gasteiger partial charge in [0, 0.05) is 24.0 Å². The Morgan fingerprint density at radius 1 is 1.48 bits per heavy atom. The van der Waals surface area contributed by atoms with Crippen molar-refractivity contribution in [1.82, 2.24) is 9.71 Å². The highest BCUT2D eigenvalue weighted by molar-refractivity contribution is 7.89. The third-order valence-corrected chi connectivity index (χ3v) is 5.37. The predicted molar refractivity (Wildman–Crippen MR) is 78.0 cm³/mol. The van der Waals surface area contributed by atoms with E-state index >= 15 is 0 Å². The SMILES string of the molecule is CC(CNS(=O)(=O)c1cc(CO)ccc1F)c1nccs1.